The van der Waals surface area contributed by atoms with Gasteiger partial charge in [0.05, 0.1) is 32.5 Å². The van der Waals surface area contributed by atoms with E-state index >= 15 is 0 Å². The summed E-state index contributed by atoms with van der Waals surface area (Å²) in [6.45, 7) is 2.77. The predicted octanol–water partition coefficient (Wildman–Crippen LogP) is 3.47. The highest BCUT2D eigenvalue weighted by molar-refractivity contribution is 6.16. The molecule has 8 nitrogen and oxygen atoms in total. The Morgan fingerprint density at radius 2 is 1.55 bits per heavy atom. The molecule has 3 rings (SSSR count). The van der Waals surface area contributed by atoms with Crippen LogP contribution >= 0.6 is 0 Å². The Hall–Kier alpha value is -3.23. The molecular weight excluding hydrogens is 424 g/mol. The number of aromatic hydroxyl groups is 1. The summed E-state index contributed by atoms with van der Waals surface area (Å²) in [5.41, 5.74) is 3.11. The van der Waals surface area contributed by atoms with Gasteiger partial charge in [-0.1, -0.05) is 0 Å². The van der Waals surface area contributed by atoms with Crippen LogP contribution in [0, 0.1) is 6.92 Å². The molecular formula is C25H32N2O6. The van der Waals surface area contributed by atoms with Crippen molar-refractivity contribution in [3.8, 4) is 28.7 Å². The molecule has 1 heterocycles. The zero-order valence-corrected chi connectivity index (χ0v) is 20.5. The zero-order valence-electron chi connectivity index (χ0n) is 20.5. The summed E-state index contributed by atoms with van der Waals surface area (Å²) in [6, 6.07) is 3.51. The minimum absolute atomic E-state index is 0.153. The normalized spacial score (nSPS) is 14.1. The summed E-state index contributed by atoms with van der Waals surface area (Å²) in [5, 5.41) is 11.1. The fraction of sp³-hybridized carbons (Fsp3) is 0.400. The quantitative estimate of drug-likeness (QED) is 0.605. The van der Waals surface area contributed by atoms with E-state index in [-0.39, 0.29) is 17.3 Å². The molecule has 1 aliphatic heterocycles. The van der Waals surface area contributed by atoms with Gasteiger partial charge in [-0.2, -0.15) is 0 Å². The first kappa shape index (κ1) is 24.4. The third kappa shape index (κ3) is 4.49. The van der Waals surface area contributed by atoms with Crippen molar-refractivity contribution in [2.24, 2.45) is 0 Å². The fourth-order valence-electron chi connectivity index (χ4n) is 4.05. The second-order valence-corrected chi connectivity index (χ2v) is 8.47. The number of Topliss-reactive ketones (excluding diaryl/α,β-unsaturated/α-hetero) is 1. The van der Waals surface area contributed by atoms with Gasteiger partial charge in [-0.15, -0.1) is 0 Å². The molecule has 0 atom stereocenters. The number of nitrogens with zero attached hydrogens (tertiary/aromatic N) is 2. The molecule has 0 fully saturated rings. The van der Waals surface area contributed by atoms with Crippen LogP contribution in [0.2, 0.25) is 0 Å². The van der Waals surface area contributed by atoms with E-state index in [2.05, 4.69) is 0 Å². The number of ether oxygens (including phenoxy) is 4. The summed E-state index contributed by atoms with van der Waals surface area (Å²) in [7, 11) is 12.2. The summed E-state index contributed by atoms with van der Waals surface area (Å²) < 4.78 is 22.4. The highest BCUT2D eigenvalue weighted by Gasteiger charge is 2.36. The molecule has 1 aliphatic rings. The van der Waals surface area contributed by atoms with Crippen molar-refractivity contribution in [2.75, 3.05) is 49.5 Å². The predicted molar refractivity (Wildman–Crippen MR) is 127 cm³/mol. The van der Waals surface area contributed by atoms with Crippen molar-refractivity contribution in [1.29, 1.82) is 0 Å². The molecule has 0 amide bonds. The van der Waals surface area contributed by atoms with Crippen molar-refractivity contribution >= 4 is 11.9 Å². The van der Waals surface area contributed by atoms with Gasteiger partial charge in [0.1, 0.15) is 11.5 Å². The molecule has 8 heteroatoms. The molecule has 0 unspecified atom stereocenters. The molecule has 0 saturated carbocycles. The zero-order chi connectivity index (χ0) is 24.4. The molecule has 178 valence electrons. The summed E-state index contributed by atoms with van der Waals surface area (Å²) in [6.07, 6.45) is 1.63. The van der Waals surface area contributed by atoms with E-state index in [1.807, 2.05) is 44.9 Å². The van der Waals surface area contributed by atoms with E-state index in [9.17, 15) is 9.90 Å². The van der Waals surface area contributed by atoms with Crippen LogP contribution in [0.1, 0.15) is 32.6 Å². The number of fused-ring (bicyclic) bond motifs is 1. The Morgan fingerprint density at radius 3 is 2.09 bits per heavy atom. The first-order chi connectivity index (χ1) is 15.6. The van der Waals surface area contributed by atoms with Gasteiger partial charge in [-0.3, -0.25) is 4.79 Å². The van der Waals surface area contributed by atoms with Crippen LogP contribution in [-0.2, 0) is 13.1 Å². The van der Waals surface area contributed by atoms with Crippen molar-refractivity contribution in [3.63, 3.8) is 0 Å². The molecule has 0 bridgehead atoms. The Kier molecular flexibility index (Phi) is 7.19. The second kappa shape index (κ2) is 9.72. The Morgan fingerprint density at radius 1 is 0.939 bits per heavy atom. The maximum atomic E-state index is 13.5. The lowest BCUT2D eigenvalue weighted by Crippen LogP contribution is -2.16. The molecule has 0 aromatic heterocycles. The maximum Gasteiger partial charge on any atom is 0.232 e. The monoisotopic (exact) mass is 456 g/mol. The number of carbonyl (C=O) groups excluding carboxylic acids is 1. The van der Waals surface area contributed by atoms with Crippen LogP contribution in [0.15, 0.2) is 17.9 Å². The van der Waals surface area contributed by atoms with Crippen molar-refractivity contribution in [1.82, 2.24) is 9.80 Å². The number of benzene rings is 2. The van der Waals surface area contributed by atoms with E-state index in [0.29, 0.717) is 58.3 Å². The number of phenolic OH excluding ortho intramolecular Hbond substituents is 1. The Balaban J connectivity index is 2.18. The van der Waals surface area contributed by atoms with Gasteiger partial charge >= 0.3 is 0 Å². The third-order valence-electron chi connectivity index (χ3n) is 5.53. The van der Waals surface area contributed by atoms with Gasteiger partial charge in [-0.25, -0.2) is 0 Å². The number of methoxy groups -OCH3 is 3. The SMILES string of the molecule is COc1ccc(/C=C2\Oc3c(CN(C)C)c(O)c(CN(C)C)c(C)c3C2=O)c(OC)c1OC. The van der Waals surface area contributed by atoms with Gasteiger partial charge in [0.15, 0.2) is 17.3 Å². The van der Waals surface area contributed by atoms with Crippen LogP contribution in [0.3, 0.4) is 0 Å². The molecule has 0 aliphatic carbocycles. The number of ketones is 1. The lowest BCUT2D eigenvalue weighted by molar-refractivity contribution is 0.101. The van der Waals surface area contributed by atoms with Crippen molar-refractivity contribution in [2.45, 2.75) is 20.0 Å². The van der Waals surface area contributed by atoms with E-state index in [0.717, 1.165) is 5.56 Å². The number of phenols is 1. The highest BCUT2D eigenvalue weighted by atomic mass is 16.5. The van der Waals surface area contributed by atoms with E-state index in [1.165, 1.54) is 14.2 Å². The molecule has 1 N–H and O–H groups in total. The number of hydrogen-bond donors (Lipinski definition) is 1. The van der Waals surface area contributed by atoms with Crippen molar-refractivity contribution < 1.29 is 28.8 Å². The number of allylic oxidation sites excluding steroid dienone is 1. The first-order valence-corrected chi connectivity index (χ1v) is 10.5. The topological polar surface area (TPSA) is 80.7 Å². The molecule has 0 spiro atoms. The fourth-order valence-corrected chi connectivity index (χ4v) is 4.05. The smallest absolute Gasteiger partial charge is 0.232 e. The molecule has 0 radical (unpaired) electrons. The minimum atomic E-state index is -0.237. The van der Waals surface area contributed by atoms with Gasteiger partial charge in [0, 0.05) is 24.2 Å². The average Bonchev–Trinajstić information content (AvgIpc) is 3.09. The van der Waals surface area contributed by atoms with Gasteiger partial charge in [-0.05, 0) is 58.9 Å². The van der Waals surface area contributed by atoms with Gasteiger partial charge in [0.2, 0.25) is 11.5 Å². The van der Waals surface area contributed by atoms with Crippen molar-refractivity contribution in [3.05, 3.63) is 45.7 Å². The standard InChI is InChI=1S/C25H32N2O6/c1-14-16(12-26(2)3)21(28)17(13-27(4)5)24-20(14)22(29)19(33-24)11-15-9-10-18(30-6)25(32-8)23(15)31-7/h9-11,28H,12-13H2,1-8H3/b19-11-. The van der Waals surface area contributed by atoms with E-state index in [1.54, 1.807) is 25.3 Å². The number of rotatable bonds is 8. The summed E-state index contributed by atoms with van der Waals surface area (Å²) in [5.74, 6) is 1.84. The minimum Gasteiger partial charge on any atom is -0.507 e. The number of hydrogen-bond acceptors (Lipinski definition) is 8. The number of carbonyl (C=O) groups is 1. The maximum absolute atomic E-state index is 13.5. The van der Waals surface area contributed by atoms with Crippen LogP contribution in [-0.4, -0.2) is 70.2 Å². The van der Waals surface area contributed by atoms with Gasteiger partial charge < -0.3 is 33.9 Å². The lowest BCUT2D eigenvalue weighted by atomic mass is 9.93. The summed E-state index contributed by atoms with van der Waals surface area (Å²) >= 11 is 0. The van der Waals surface area contributed by atoms with Crippen LogP contribution < -0.4 is 18.9 Å². The molecule has 2 aromatic carbocycles. The van der Waals surface area contributed by atoms with Crippen LogP contribution in [0.4, 0.5) is 0 Å². The highest BCUT2D eigenvalue weighted by Crippen LogP contribution is 2.46. The third-order valence-corrected chi connectivity index (χ3v) is 5.53. The van der Waals surface area contributed by atoms with Gasteiger partial charge in [0.25, 0.3) is 0 Å². The average molecular weight is 457 g/mol. The van der Waals surface area contributed by atoms with E-state index < -0.39 is 0 Å². The van der Waals surface area contributed by atoms with E-state index in [4.69, 9.17) is 18.9 Å². The first-order valence-electron chi connectivity index (χ1n) is 10.5. The second-order valence-electron chi connectivity index (χ2n) is 8.47. The Labute approximate surface area is 194 Å². The Bertz CT molecular complexity index is 1110. The largest absolute Gasteiger partial charge is 0.507 e. The lowest BCUT2D eigenvalue weighted by Gasteiger charge is -2.21. The summed E-state index contributed by atoms with van der Waals surface area (Å²) in [4.78, 5) is 17.4. The van der Waals surface area contributed by atoms with Crippen LogP contribution in [0.5, 0.6) is 28.7 Å². The molecule has 2 aromatic rings. The molecule has 0 saturated heterocycles. The molecule has 33 heavy (non-hydrogen) atoms. The van der Waals surface area contributed by atoms with Crippen LogP contribution in [0.25, 0.3) is 6.08 Å².